The second-order valence-corrected chi connectivity index (χ2v) is 7.20. The third-order valence-corrected chi connectivity index (χ3v) is 5.38. The lowest BCUT2D eigenvalue weighted by molar-refractivity contribution is 0.190. The van der Waals surface area contributed by atoms with E-state index in [9.17, 15) is 0 Å². The molecule has 15 heavy (non-hydrogen) atoms. The van der Waals surface area contributed by atoms with Crippen LogP contribution in [0.3, 0.4) is 0 Å². The summed E-state index contributed by atoms with van der Waals surface area (Å²) in [6.07, 6.45) is 13.3. The fraction of sp³-hybridized carbons (Fsp3) is 1.00. The van der Waals surface area contributed by atoms with E-state index in [4.69, 9.17) is 0 Å². The van der Waals surface area contributed by atoms with Crippen LogP contribution in [0.1, 0.15) is 64.7 Å². The fourth-order valence-corrected chi connectivity index (χ4v) is 4.48. The number of hydrogen-bond acceptors (Lipinski definition) is 0. The Morgan fingerprint density at radius 1 is 0.800 bits per heavy atom. The molecule has 2 aliphatic carbocycles. The predicted molar refractivity (Wildman–Crippen MR) is 70.4 cm³/mol. The summed E-state index contributed by atoms with van der Waals surface area (Å²) in [5.41, 5.74) is 0. The Hall–Kier alpha value is 0.480. The highest BCUT2D eigenvalue weighted by atomic mass is 79.9. The van der Waals surface area contributed by atoms with Crippen LogP contribution in [0.25, 0.3) is 0 Å². The Labute approximate surface area is 103 Å². The molecule has 0 amide bonds. The van der Waals surface area contributed by atoms with E-state index in [0.29, 0.717) is 0 Å². The van der Waals surface area contributed by atoms with Gasteiger partial charge in [0.2, 0.25) is 0 Å². The van der Waals surface area contributed by atoms with Gasteiger partial charge in [-0.05, 0) is 37.0 Å². The van der Waals surface area contributed by atoms with Gasteiger partial charge in [0.15, 0.2) is 0 Å². The van der Waals surface area contributed by atoms with Crippen molar-refractivity contribution in [3.8, 4) is 0 Å². The Bertz CT molecular complexity index is 190. The van der Waals surface area contributed by atoms with Gasteiger partial charge in [-0.1, -0.05) is 61.4 Å². The van der Waals surface area contributed by atoms with E-state index < -0.39 is 0 Å². The van der Waals surface area contributed by atoms with Crippen molar-refractivity contribution in [3.63, 3.8) is 0 Å². The summed E-state index contributed by atoms with van der Waals surface area (Å²) < 4.78 is 0. The zero-order chi connectivity index (χ0) is 10.7. The van der Waals surface area contributed by atoms with Gasteiger partial charge >= 0.3 is 0 Å². The minimum Gasteiger partial charge on any atom is -0.0891 e. The molecule has 0 saturated heterocycles. The lowest BCUT2D eigenvalue weighted by atomic mass is 9.73. The summed E-state index contributed by atoms with van der Waals surface area (Å²) in [5, 5.41) is 0. The number of rotatable bonds is 1. The molecule has 2 saturated carbocycles. The van der Waals surface area contributed by atoms with Crippen LogP contribution in [0.2, 0.25) is 0 Å². The van der Waals surface area contributed by atoms with Crippen molar-refractivity contribution in [1.29, 1.82) is 0 Å². The first-order valence-electron chi connectivity index (χ1n) is 6.89. The van der Waals surface area contributed by atoms with Crippen LogP contribution in [0.15, 0.2) is 0 Å². The summed E-state index contributed by atoms with van der Waals surface area (Å²) in [4.78, 5) is 0.822. The Morgan fingerprint density at radius 3 is 2.27 bits per heavy atom. The summed E-state index contributed by atoms with van der Waals surface area (Å²) >= 11 is 3.86. The molecule has 0 N–H and O–H groups in total. The second-order valence-electron chi connectivity index (χ2n) is 5.91. The third kappa shape index (κ3) is 3.47. The maximum absolute atomic E-state index is 3.86. The van der Waals surface area contributed by atoms with Gasteiger partial charge in [-0.2, -0.15) is 0 Å². The quantitative estimate of drug-likeness (QED) is 0.457. The first-order valence-corrected chi connectivity index (χ1v) is 7.81. The minimum atomic E-state index is 0.822. The number of alkyl halides is 1. The normalized spacial score (nSPS) is 43.6. The van der Waals surface area contributed by atoms with Gasteiger partial charge in [0.25, 0.3) is 0 Å². The van der Waals surface area contributed by atoms with E-state index in [-0.39, 0.29) is 0 Å². The molecule has 0 aromatic heterocycles. The van der Waals surface area contributed by atoms with Gasteiger partial charge in [-0.3, -0.25) is 0 Å². The molecule has 2 fully saturated rings. The molecule has 0 aromatic carbocycles. The predicted octanol–water partition coefficient (Wildman–Crippen LogP) is 5.16. The Kier molecular flexibility index (Phi) is 4.54. The average Bonchev–Trinajstić information content (AvgIpc) is 2.43. The molecule has 0 heterocycles. The molecule has 0 aromatic rings. The summed E-state index contributed by atoms with van der Waals surface area (Å²) in [6, 6.07) is 0. The van der Waals surface area contributed by atoms with Gasteiger partial charge < -0.3 is 0 Å². The highest BCUT2D eigenvalue weighted by Crippen LogP contribution is 2.40. The highest BCUT2D eigenvalue weighted by molar-refractivity contribution is 9.09. The van der Waals surface area contributed by atoms with Crippen molar-refractivity contribution in [2.45, 2.75) is 69.5 Å². The molecule has 88 valence electrons. The lowest BCUT2D eigenvalue weighted by Gasteiger charge is -2.33. The SMILES string of the molecule is CC1CCCC(C2CCCCC(Br)C2)C1. The first kappa shape index (κ1) is 12.0. The molecule has 1 heteroatoms. The second kappa shape index (κ2) is 5.70. The molecule has 4 atom stereocenters. The Morgan fingerprint density at radius 2 is 1.47 bits per heavy atom. The highest BCUT2D eigenvalue weighted by Gasteiger charge is 2.29. The first-order chi connectivity index (χ1) is 7.25. The Balaban J connectivity index is 1.89. The molecule has 0 aliphatic heterocycles. The van der Waals surface area contributed by atoms with Crippen LogP contribution >= 0.6 is 15.9 Å². The van der Waals surface area contributed by atoms with Crippen LogP contribution in [-0.4, -0.2) is 4.83 Å². The molecule has 2 aliphatic rings. The van der Waals surface area contributed by atoms with E-state index in [1.165, 1.54) is 57.8 Å². The van der Waals surface area contributed by atoms with Crippen LogP contribution in [0, 0.1) is 17.8 Å². The van der Waals surface area contributed by atoms with Crippen LogP contribution in [0.4, 0.5) is 0 Å². The largest absolute Gasteiger partial charge is 0.0891 e. The van der Waals surface area contributed by atoms with Gasteiger partial charge in [0, 0.05) is 4.83 Å². The topological polar surface area (TPSA) is 0 Å². The summed E-state index contributed by atoms with van der Waals surface area (Å²) in [7, 11) is 0. The van der Waals surface area contributed by atoms with Crippen molar-refractivity contribution >= 4 is 15.9 Å². The molecule has 0 radical (unpaired) electrons. The van der Waals surface area contributed by atoms with Crippen LogP contribution < -0.4 is 0 Å². The van der Waals surface area contributed by atoms with Crippen molar-refractivity contribution in [2.75, 3.05) is 0 Å². The maximum Gasteiger partial charge on any atom is 0.0148 e. The van der Waals surface area contributed by atoms with E-state index in [1.54, 1.807) is 0 Å². The van der Waals surface area contributed by atoms with Gasteiger partial charge in [0.1, 0.15) is 0 Å². The number of halogens is 1. The zero-order valence-corrected chi connectivity index (χ0v) is 11.6. The van der Waals surface area contributed by atoms with Crippen molar-refractivity contribution in [3.05, 3.63) is 0 Å². The van der Waals surface area contributed by atoms with Gasteiger partial charge in [0.05, 0.1) is 0 Å². The maximum atomic E-state index is 3.86. The zero-order valence-electron chi connectivity index (χ0n) is 10.1. The van der Waals surface area contributed by atoms with Crippen molar-refractivity contribution in [1.82, 2.24) is 0 Å². The fourth-order valence-electron chi connectivity index (χ4n) is 3.67. The minimum absolute atomic E-state index is 0.822. The van der Waals surface area contributed by atoms with E-state index >= 15 is 0 Å². The van der Waals surface area contributed by atoms with E-state index in [2.05, 4.69) is 22.9 Å². The van der Waals surface area contributed by atoms with Crippen molar-refractivity contribution in [2.24, 2.45) is 17.8 Å². The van der Waals surface area contributed by atoms with E-state index in [0.717, 1.165) is 22.6 Å². The molecular formula is C14H25Br. The summed E-state index contributed by atoms with van der Waals surface area (Å²) in [6.45, 7) is 2.45. The third-order valence-electron chi connectivity index (χ3n) is 4.54. The molecule has 0 nitrogen and oxygen atoms in total. The van der Waals surface area contributed by atoms with E-state index in [1.807, 2.05) is 0 Å². The molecule has 2 rings (SSSR count). The van der Waals surface area contributed by atoms with Gasteiger partial charge in [-0.25, -0.2) is 0 Å². The lowest BCUT2D eigenvalue weighted by Crippen LogP contribution is -2.23. The average molecular weight is 273 g/mol. The molecule has 4 unspecified atom stereocenters. The molecular weight excluding hydrogens is 248 g/mol. The smallest absolute Gasteiger partial charge is 0.0148 e. The van der Waals surface area contributed by atoms with Crippen LogP contribution in [0.5, 0.6) is 0 Å². The van der Waals surface area contributed by atoms with Crippen molar-refractivity contribution < 1.29 is 0 Å². The van der Waals surface area contributed by atoms with Gasteiger partial charge in [-0.15, -0.1) is 0 Å². The molecule has 0 spiro atoms. The monoisotopic (exact) mass is 272 g/mol. The standard InChI is InChI=1S/C14H25Br/c1-11-5-4-7-12(9-11)13-6-2-3-8-14(15)10-13/h11-14H,2-10H2,1H3. The van der Waals surface area contributed by atoms with Crippen LogP contribution in [-0.2, 0) is 0 Å². The molecule has 0 bridgehead atoms. The summed E-state index contributed by atoms with van der Waals surface area (Å²) in [5.74, 6) is 3.10. The number of hydrogen-bond donors (Lipinski definition) is 0.